The molecule has 0 atom stereocenters. The quantitative estimate of drug-likeness (QED) is 0.748. The summed E-state index contributed by atoms with van der Waals surface area (Å²) < 4.78 is 0. The molecule has 0 aliphatic heterocycles. The number of urea groups is 1. The van der Waals surface area contributed by atoms with E-state index in [-0.39, 0.29) is 6.03 Å². The van der Waals surface area contributed by atoms with Gasteiger partial charge >= 0.3 is 6.03 Å². The van der Waals surface area contributed by atoms with Crippen LogP contribution in [0, 0.1) is 0 Å². The van der Waals surface area contributed by atoms with Crippen LogP contribution in [0.1, 0.15) is 25.0 Å². The molecule has 3 N–H and O–H groups in total. The minimum Gasteiger partial charge on any atom is -0.341 e. The number of amides is 2. The Bertz CT molecular complexity index is 326. The molecule has 17 heavy (non-hydrogen) atoms. The van der Waals surface area contributed by atoms with Crippen LogP contribution in [0.15, 0.2) is 24.3 Å². The van der Waals surface area contributed by atoms with E-state index in [1.165, 1.54) is 5.56 Å². The first kappa shape index (κ1) is 15.4. The van der Waals surface area contributed by atoms with Crippen molar-refractivity contribution < 1.29 is 4.79 Å². The molecule has 0 heterocycles. The van der Waals surface area contributed by atoms with Gasteiger partial charge in [0.1, 0.15) is 0 Å². The maximum absolute atomic E-state index is 11.0. The number of carbonyl (C=O) groups excluding carboxylic acids is 1. The van der Waals surface area contributed by atoms with E-state index in [9.17, 15) is 4.79 Å². The van der Waals surface area contributed by atoms with Crippen LogP contribution >= 0.6 is 0 Å². The van der Waals surface area contributed by atoms with E-state index in [0.29, 0.717) is 6.54 Å². The van der Waals surface area contributed by atoms with Gasteiger partial charge in [0, 0.05) is 20.1 Å². The summed E-state index contributed by atoms with van der Waals surface area (Å²) >= 11 is 0. The van der Waals surface area contributed by atoms with Crippen LogP contribution in [-0.4, -0.2) is 20.1 Å². The second kappa shape index (κ2) is 9.66. The number of rotatable bonds is 4. The minimum absolute atomic E-state index is 0.158. The molecule has 0 saturated carbocycles. The molecule has 1 rings (SSSR count). The number of hydrogen-bond donors (Lipinski definition) is 3. The van der Waals surface area contributed by atoms with Crippen molar-refractivity contribution in [1.29, 1.82) is 0 Å². The summed E-state index contributed by atoms with van der Waals surface area (Å²) in [4.78, 5) is 11.0. The molecule has 1 aromatic carbocycles. The molecule has 0 spiro atoms. The fraction of sp³-hybridized carbons (Fsp3) is 0.462. The highest BCUT2D eigenvalue weighted by Crippen LogP contribution is 2.04. The van der Waals surface area contributed by atoms with Crippen molar-refractivity contribution in [2.24, 2.45) is 0 Å². The standard InChI is InChI=1S/C11H17N3O.C2H6/c1-12-7-9-4-3-5-10(6-9)8-14-11(15)13-2;1-2/h3-6,12H,7-8H2,1-2H3,(H2,13,14,15);1-2H3. The van der Waals surface area contributed by atoms with Crippen molar-refractivity contribution in [3.63, 3.8) is 0 Å². The van der Waals surface area contributed by atoms with Crippen molar-refractivity contribution in [3.8, 4) is 0 Å². The first-order valence-corrected chi connectivity index (χ1v) is 5.94. The summed E-state index contributed by atoms with van der Waals surface area (Å²) in [6.45, 7) is 5.39. The average molecular weight is 237 g/mol. The van der Waals surface area contributed by atoms with Gasteiger partial charge in [-0.3, -0.25) is 0 Å². The largest absolute Gasteiger partial charge is 0.341 e. The molecule has 0 unspecified atom stereocenters. The highest BCUT2D eigenvalue weighted by molar-refractivity contribution is 5.73. The fourth-order valence-corrected chi connectivity index (χ4v) is 1.32. The zero-order valence-corrected chi connectivity index (χ0v) is 11.1. The fourth-order valence-electron chi connectivity index (χ4n) is 1.32. The summed E-state index contributed by atoms with van der Waals surface area (Å²) in [6.07, 6.45) is 0. The van der Waals surface area contributed by atoms with Gasteiger partial charge in [0.05, 0.1) is 0 Å². The Balaban J connectivity index is 0.00000121. The van der Waals surface area contributed by atoms with Gasteiger partial charge in [-0.1, -0.05) is 38.1 Å². The summed E-state index contributed by atoms with van der Waals surface area (Å²) in [5.74, 6) is 0. The van der Waals surface area contributed by atoms with E-state index in [1.807, 2.05) is 33.0 Å². The molecule has 0 radical (unpaired) electrons. The van der Waals surface area contributed by atoms with Gasteiger partial charge in [0.25, 0.3) is 0 Å². The summed E-state index contributed by atoms with van der Waals surface area (Å²) in [5.41, 5.74) is 2.32. The van der Waals surface area contributed by atoms with Gasteiger partial charge in [-0.05, 0) is 18.2 Å². The Morgan fingerprint density at radius 3 is 2.24 bits per heavy atom. The monoisotopic (exact) mass is 237 g/mol. The molecule has 0 fully saturated rings. The SMILES string of the molecule is CC.CNCc1cccc(CNC(=O)NC)c1. The molecule has 1 aromatic rings. The van der Waals surface area contributed by atoms with E-state index in [2.05, 4.69) is 28.1 Å². The van der Waals surface area contributed by atoms with Gasteiger partial charge < -0.3 is 16.0 Å². The van der Waals surface area contributed by atoms with Gasteiger partial charge in [-0.2, -0.15) is 0 Å². The predicted octanol–water partition coefficient (Wildman–Crippen LogP) is 1.86. The van der Waals surface area contributed by atoms with Gasteiger partial charge in [0.2, 0.25) is 0 Å². The first-order chi connectivity index (χ1) is 8.26. The Morgan fingerprint density at radius 2 is 1.71 bits per heavy atom. The van der Waals surface area contributed by atoms with Gasteiger partial charge in [-0.15, -0.1) is 0 Å². The maximum atomic E-state index is 11.0. The molecule has 4 nitrogen and oxygen atoms in total. The molecular weight excluding hydrogens is 214 g/mol. The Kier molecular flexibility index (Phi) is 8.78. The van der Waals surface area contributed by atoms with E-state index in [1.54, 1.807) is 7.05 Å². The van der Waals surface area contributed by atoms with Crippen LogP contribution < -0.4 is 16.0 Å². The summed E-state index contributed by atoms with van der Waals surface area (Å²) in [5, 5.41) is 8.35. The van der Waals surface area contributed by atoms with Crippen molar-refractivity contribution >= 4 is 6.03 Å². The van der Waals surface area contributed by atoms with Crippen LogP contribution in [0.25, 0.3) is 0 Å². The third kappa shape index (κ3) is 6.58. The van der Waals surface area contributed by atoms with Gasteiger partial charge in [0.15, 0.2) is 0 Å². The van der Waals surface area contributed by atoms with E-state index in [4.69, 9.17) is 0 Å². The van der Waals surface area contributed by atoms with Crippen LogP contribution in [-0.2, 0) is 13.1 Å². The van der Waals surface area contributed by atoms with Crippen molar-refractivity contribution in [2.45, 2.75) is 26.9 Å². The highest BCUT2D eigenvalue weighted by atomic mass is 16.2. The molecular formula is C13H23N3O. The number of hydrogen-bond acceptors (Lipinski definition) is 2. The van der Waals surface area contributed by atoms with Crippen LogP contribution in [0.2, 0.25) is 0 Å². The molecule has 4 heteroatoms. The number of nitrogens with one attached hydrogen (secondary N) is 3. The lowest BCUT2D eigenvalue weighted by Gasteiger charge is -2.06. The summed E-state index contributed by atoms with van der Waals surface area (Å²) in [6, 6.07) is 7.96. The normalized spacial score (nSPS) is 8.94. The van der Waals surface area contributed by atoms with Crippen molar-refractivity contribution in [3.05, 3.63) is 35.4 Å². The second-order valence-corrected chi connectivity index (χ2v) is 3.28. The third-order valence-corrected chi connectivity index (χ3v) is 2.05. The third-order valence-electron chi connectivity index (χ3n) is 2.05. The first-order valence-electron chi connectivity index (χ1n) is 5.94. The Labute approximate surface area is 104 Å². The number of carbonyl (C=O) groups is 1. The zero-order chi connectivity index (χ0) is 13.1. The molecule has 0 aliphatic carbocycles. The zero-order valence-electron chi connectivity index (χ0n) is 11.1. The molecule has 0 aliphatic rings. The molecule has 0 saturated heterocycles. The smallest absolute Gasteiger partial charge is 0.314 e. The van der Waals surface area contributed by atoms with Crippen LogP contribution in [0.4, 0.5) is 4.79 Å². The molecule has 2 amide bonds. The highest BCUT2D eigenvalue weighted by Gasteiger charge is 1.98. The second-order valence-electron chi connectivity index (χ2n) is 3.28. The molecule has 0 bridgehead atoms. The van der Waals surface area contributed by atoms with E-state index in [0.717, 1.165) is 12.1 Å². The maximum Gasteiger partial charge on any atom is 0.314 e. The Morgan fingerprint density at radius 1 is 1.12 bits per heavy atom. The summed E-state index contributed by atoms with van der Waals surface area (Å²) in [7, 11) is 3.52. The predicted molar refractivity (Wildman–Crippen MR) is 71.8 cm³/mol. The minimum atomic E-state index is -0.158. The topological polar surface area (TPSA) is 53.2 Å². The van der Waals surface area contributed by atoms with Crippen LogP contribution in [0.5, 0.6) is 0 Å². The number of benzene rings is 1. The lowest BCUT2D eigenvalue weighted by molar-refractivity contribution is 0.242. The van der Waals surface area contributed by atoms with Crippen LogP contribution in [0.3, 0.4) is 0 Å². The van der Waals surface area contributed by atoms with E-state index < -0.39 is 0 Å². The van der Waals surface area contributed by atoms with E-state index >= 15 is 0 Å². The van der Waals surface area contributed by atoms with Crippen molar-refractivity contribution in [1.82, 2.24) is 16.0 Å². The Hall–Kier alpha value is -1.55. The van der Waals surface area contributed by atoms with Crippen molar-refractivity contribution in [2.75, 3.05) is 14.1 Å². The van der Waals surface area contributed by atoms with Gasteiger partial charge in [-0.25, -0.2) is 4.79 Å². The lowest BCUT2D eigenvalue weighted by Crippen LogP contribution is -2.32. The molecule has 0 aromatic heterocycles. The lowest BCUT2D eigenvalue weighted by atomic mass is 10.1. The molecule has 96 valence electrons. The average Bonchev–Trinajstić information content (AvgIpc) is 2.39.